The molecule has 5 aromatic rings. The second-order valence-corrected chi connectivity index (χ2v) is 7.89. The molecule has 170 valence electrons. The highest BCUT2D eigenvalue weighted by Crippen LogP contribution is 2.41. The zero-order valence-electron chi connectivity index (χ0n) is 19.3. The molecule has 0 aliphatic rings. The largest absolute Gasteiger partial charge is 0.497 e. The highest BCUT2D eigenvalue weighted by atomic mass is 16.5. The van der Waals surface area contributed by atoms with E-state index in [0.29, 0.717) is 5.82 Å². The summed E-state index contributed by atoms with van der Waals surface area (Å²) in [6.45, 7) is 0. The molecule has 5 nitrogen and oxygen atoms in total. The summed E-state index contributed by atoms with van der Waals surface area (Å²) in [6.07, 6.45) is 1.75. The summed E-state index contributed by atoms with van der Waals surface area (Å²) in [5.41, 5.74) is 9.94. The van der Waals surface area contributed by atoms with Gasteiger partial charge in [0.1, 0.15) is 11.4 Å². The highest BCUT2D eigenvalue weighted by Gasteiger charge is 2.20. The predicted octanol–water partition coefficient (Wildman–Crippen LogP) is 6.93. The number of ether oxygens (including phenoxy) is 1. The number of hydrazone groups is 1. The van der Waals surface area contributed by atoms with E-state index < -0.39 is 0 Å². The van der Waals surface area contributed by atoms with E-state index in [1.807, 2.05) is 78.9 Å². The van der Waals surface area contributed by atoms with Crippen molar-refractivity contribution in [3.8, 4) is 39.3 Å². The Morgan fingerprint density at radius 3 is 1.74 bits per heavy atom. The van der Waals surface area contributed by atoms with Gasteiger partial charge in [-0.05, 0) is 41.0 Å². The molecule has 1 N–H and O–H groups in total. The quantitative estimate of drug-likeness (QED) is 0.213. The van der Waals surface area contributed by atoms with Gasteiger partial charge >= 0.3 is 0 Å². The number of nitrogens with one attached hydrogen (secondary N) is 1. The Hall–Kier alpha value is -4.77. The summed E-state index contributed by atoms with van der Waals surface area (Å²) < 4.78 is 5.23. The van der Waals surface area contributed by atoms with Crippen LogP contribution in [-0.4, -0.2) is 23.5 Å². The number of hydrogen-bond acceptors (Lipinski definition) is 5. The molecule has 4 aromatic carbocycles. The molecule has 1 heterocycles. The van der Waals surface area contributed by atoms with Gasteiger partial charge in [-0.3, -0.25) is 5.43 Å². The fraction of sp³-hybridized carbons (Fsp3) is 0.0333. The van der Waals surface area contributed by atoms with E-state index in [1.165, 1.54) is 0 Å². The number of aromatic nitrogens is 2. The van der Waals surface area contributed by atoms with Gasteiger partial charge < -0.3 is 4.74 Å². The molecule has 0 radical (unpaired) electrons. The smallest absolute Gasteiger partial charge is 0.177 e. The summed E-state index contributed by atoms with van der Waals surface area (Å²) in [5.74, 6) is 1.39. The molecule has 0 bridgehead atoms. The Balaban J connectivity index is 1.65. The summed E-state index contributed by atoms with van der Waals surface area (Å²) in [5, 5.41) is 13.7. The SMILES string of the molecule is COc1ccc(/C=N/Nc2nnc(-c3ccccc3)c(-c3ccccc3)c2-c2ccccc2)cc1. The first-order valence-electron chi connectivity index (χ1n) is 11.3. The molecule has 0 atom stereocenters. The van der Waals surface area contributed by atoms with Crippen molar-refractivity contribution in [3.05, 3.63) is 121 Å². The second-order valence-electron chi connectivity index (χ2n) is 7.89. The third kappa shape index (κ3) is 4.94. The highest BCUT2D eigenvalue weighted by molar-refractivity contribution is 5.97. The van der Waals surface area contributed by atoms with Crippen molar-refractivity contribution in [3.63, 3.8) is 0 Å². The van der Waals surface area contributed by atoms with Crippen LogP contribution in [0.3, 0.4) is 0 Å². The molecular formula is C30H24N4O. The van der Waals surface area contributed by atoms with E-state index in [2.05, 4.69) is 57.1 Å². The van der Waals surface area contributed by atoms with E-state index in [0.717, 1.165) is 44.8 Å². The molecule has 0 fully saturated rings. The van der Waals surface area contributed by atoms with Gasteiger partial charge in [0.15, 0.2) is 5.82 Å². The van der Waals surface area contributed by atoms with Crippen LogP contribution in [0.4, 0.5) is 5.82 Å². The Labute approximate surface area is 204 Å². The van der Waals surface area contributed by atoms with Crippen molar-refractivity contribution >= 4 is 12.0 Å². The van der Waals surface area contributed by atoms with Crippen molar-refractivity contribution in [2.24, 2.45) is 5.10 Å². The van der Waals surface area contributed by atoms with Crippen LogP contribution < -0.4 is 10.2 Å². The molecule has 0 aliphatic heterocycles. The van der Waals surface area contributed by atoms with Crippen LogP contribution in [0.2, 0.25) is 0 Å². The average molecular weight is 457 g/mol. The molecule has 5 rings (SSSR count). The van der Waals surface area contributed by atoms with Gasteiger partial charge in [-0.25, -0.2) is 0 Å². The molecular weight excluding hydrogens is 432 g/mol. The van der Waals surface area contributed by atoms with E-state index in [9.17, 15) is 0 Å². The number of nitrogens with zero attached hydrogens (tertiary/aromatic N) is 3. The lowest BCUT2D eigenvalue weighted by atomic mass is 9.91. The minimum Gasteiger partial charge on any atom is -0.497 e. The minimum atomic E-state index is 0.583. The Bertz CT molecular complexity index is 1420. The van der Waals surface area contributed by atoms with E-state index in [4.69, 9.17) is 4.74 Å². The fourth-order valence-electron chi connectivity index (χ4n) is 3.94. The lowest BCUT2D eigenvalue weighted by molar-refractivity contribution is 0.415. The topological polar surface area (TPSA) is 59.4 Å². The summed E-state index contributed by atoms with van der Waals surface area (Å²) in [4.78, 5) is 0. The first-order chi connectivity index (χ1) is 17.3. The standard InChI is InChI=1S/C30H24N4O/c1-35-26-19-17-22(18-20-26)21-31-33-30-28(24-13-7-3-8-14-24)27(23-11-5-2-6-12-23)29(32-34-30)25-15-9-4-10-16-25/h2-21H,1H3,(H,33,34)/b31-21+. The fourth-order valence-corrected chi connectivity index (χ4v) is 3.94. The van der Waals surface area contributed by atoms with Crippen molar-refractivity contribution in [2.45, 2.75) is 0 Å². The Morgan fingerprint density at radius 1 is 0.629 bits per heavy atom. The predicted molar refractivity (Wildman–Crippen MR) is 143 cm³/mol. The maximum Gasteiger partial charge on any atom is 0.177 e. The zero-order valence-corrected chi connectivity index (χ0v) is 19.3. The first-order valence-corrected chi connectivity index (χ1v) is 11.3. The van der Waals surface area contributed by atoms with Gasteiger partial charge in [-0.2, -0.15) is 5.10 Å². The van der Waals surface area contributed by atoms with Gasteiger partial charge in [0.25, 0.3) is 0 Å². The van der Waals surface area contributed by atoms with E-state index in [1.54, 1.807) is 13.3 Å². The number of benzene rings is 4. The molecule has 0 amide bonds. The van der Waals surface area contributed by atoms with Crippen LogP contribution in [-0.2, 0) is 0 Å². The molecule has 0 saturated heterocycles. The summed E-state index contributed by atoms with van der Waals surface area (Å²) in [6, 6.07) is 38.3. The molecule has 5 heteroatoms. The van der Waals surface area contributed by atoms with Crippen LogP contribution in [0.25, 0.3) is 33.5 Å². The third-order valence-corrected chi connectivity index (χ3v) is 5.65. The van der Waals surface area contributed by atoms with Gasteiger partial charge in [0.05, 0.1) is 13.3 Å². The van der Waals surface area contributed by atoms with Crippen molar-refractivity contribution in [1.29, 1.82) is 0 Å². The van der Waals surface area contributed by atoms with Crippen molar-refractivity contribution in [1.82, 2.24) is 10.2 Å². The summed E-state index contributed by atoms with van der Waals surface area (Å²) >= 11 is 0. The first kappa shape index (κ1) is 22.0. The number of hydrogen-bond donors (Lipinski definition) is 1. The second kappa shape index (κ2) is 10.4. The molecule has 0 saturated carbocycles. The Kier molecular flexibility index (Phi) is 6.58. The van der Waals surface area contributed by atoms with Gasteiger partial charge in [0.2, 0.25) is 0 Å². The maximum atomic E-state index is 5.23. The lowest BCUT2D eigenvalue weighted by Crippen LogP contribution is -2.03. The maximum absolute atomic E-state index is 5.23. The third-order valence-electron chi connectivity index (χ3n) is 5.65. The van der Waals surface area contributed by atoms with E-state index >= 15 is 0 Å². The number of rotatable bonds is 7. The average Bonchev–Trinajstić information content (AvgIpc) is 2.94. The Morgan fingerprint density at radius 2 is 1.17 bits per heavy atom. The van der Waals surface area contributed by atoms with Crippen LogP contribution in [0, 0.1) is 0 Å². The van der Waals surface area contributed by atoms with Crippen LogP contribution in [0.1, 0.15) is 5.56 Å². The number of anilines is 1. The van der Waals surface area contributed by atoms with Crippen LogP contribution >= 0.6 is 0 Å². The number of methoxy groups -OCH3 is 1. The molecule has 0 unspecified atom stereocenters. The molecule has 0 spiro atoms. The minimum absolute atomic E-state index is 0.583. The van der Waals surface area contributed by atoms with Gasteiger partial charge in [-0.1, -0.05) is 91.0 Å². The summed E-state index contributed by atoms with van der Waals surface area (Å²) in [7, 11) is 1.65. The zero-order chi connectivity index (χ0) is 23.9. The van der Waals surface area contributed by atoms with Crippen LogP contribution in [0.5, 0.6) is 5.75 Å². The van der Waals surface area contributed by atoms with Crippen LogP contribution in [0.15, 0.2) is 120 Å². The molecule has 35 heavy (non-hydrogen) atoms. The monoisotopic (exact) mass is 456 g/mol. The van der Waals surface area contributed by atoms with E-state index in [-0.39, 0.29) is 0 Å². The van der Waals surface area contributed by atoms with Crippen molar-refractivity contribution < 1.29 is 4.74 Å². The molecule has 1 aromatic heterocycles. The normalized spacial score (nSPS) is 10.9. The van der Waals surface area contributed by atoms with Gasteiger partial charge in [-0.15, -0.1) is 10.2 Å². The lowest BCUT2D eigenvalue weighted by Gasteiger charge is -2.17. The van der Waals surface area contributed by atoms with Gasteiger partial charge in [0, 0.05) is 16.7 Å². The van der Waals surface area contributed by atoms with Crippen molar-refractivity contribution in [2.75, 3.05) is 12.5 Å². The molecule has 0 aliphatic carbocycles.